The summed E-state index contributed by atoms with van der Waals surface area (Å²) in [6.07, 6.45) is 0. The summed E-state index contributed by atoms with van der Waals surface area (Å²) in [5, 5.41) is 5.27. The Morgan fingerprint density at radius 3 is 2.48 bits per heavy atom. The summed E-state index contributed by atoms with van der Waals surface area (Å²) in [6.45, 7) is 1.50. The van der Waals surface area contributed by atoms with E-state index in [0.29, 0.717) is 17.0 Å². The third-order valence-corrected chi connectivity index (χ3v) is 4.93. The molecule has 25 heavy (non-hydrogen) atoms. The number of fused-ring (bicyclic) bond motifs is 1. The Labute approximate surface area is 151 Å². The van der Waals surface area contributed by atoms with Crippen LogP contribution in [0.3, 0.4) is 0 Å². The van der Waals surface area contributed by atoms with Crippen LogP contribution in [0.5, 0.6) is 0 Å². The molecule has 3 aromatic rings. The van der Waals surface area contributed by atoms with Gasteiger partial charge in [-0.1, -0.05) is 54.6 Å². The van der Waals surface area contributed by atoms with Crippen LogP contribution in [0.25, 0.3) is 10.8 Å². The van der Waals surface area contributed by atoms with E-state index in [2.05, 4.69) is 29.6 Å². The predicted molar refractivity (Wildman–Crippen MR) is 105 cm³/mol. The molecule has 3 rings (SSSR count). The van der Waals surface area contributed by atoms with Crippen LogP contribution in [0.4, 0.5) is 5.69 Å². The Hall–Kier alpha value is -2.59. The molecule has 0 saturated heterocycles. The van der Waals surface area contributed by atoms with E-state index in [0.717, 1.165) is 5.75 Å². The van der Waals surface area contributed by atoms with E-state index in [4.69, 9.17) is 0 Å². The normalized spacial score (nSPS) is 10.6. The van der Waals surface area contributed by atoms with E-state index in [1.54, 1.807) is 30.0 Å². The van der Waals surface area contributed by atoms with Gasteiger partial charge in [0, 0.05) is 11.3 Å². The summed E-state index contributed by atoms with van der Waals surface area (Å²) in [5.41, 5.74) is 2.33. The van der Waals surface area contributed by atoms with E-state index in [1.807, 2.05) is 24.3 Å². The maximum atomic E-state index is 12.2. The number of hydrogen-bond donors (Lipinski definition) is 1. The van der Waals surface area contributed by atoms with Gasteiger partial charge in [-0.3, -0.25) is 9.59 Å². The third kappa shape index (κ3) is 4.28. The number of carbonyl (C=O) groups is 2. The van der Waals surface area contributed by atoms with E-state index < -0.39 is 0 Å². The molecule has 0 aliphatic rings. The molecule has 3 aromatic carbocycles. The molecule has 0 heterocycles. The standard InChI is InChI=1S/C21H19NO2S/c1-15(23)18-10-4-5-12-20(18)22-21(24)14-25-13-17-9-6-8-16-7-2-3-11-19(16)17/h2-12H,13-14H2,1H3,(H,22,24). The minimum atomic E-state index is -0.0982. The number of benzene rings is 3. The molecule has 0 saturated carbocycles. The van der Waals surface area contributed by atoms with Gasteiger partial charge in [0.15, 0.2) is 5.78 Å². The SMILES string of the molecule is CC(=O)c1ccccc1NC(=O)CSCc1cccc2ccccc12. The van der Waals surface area contributed by atoms with Gasteiger partial charge in [-0.25, -0.2) is 0 Å². The van der Waals surface area contributed by atoms with Gasteiger partial charge in [-0.05, 0) is 35.4 Å². The van der Waals surface area contributed by atoms with Crippen molar-refractivity contribution in [1.29, 1.82) is 0 Å². The fraction of sp³-hybridized carbons (Fsp3) is 0.143. The fourth-order valence-corrected chi connectivity index (χ4v) is 3.59. The number of nitrogens with one attached hydrogen (secondary N) is 1. The number of hydrogen-bond acceptors (Lipinski definition) is 3. The first-order valence-electron chi connectivity index (χ1n) is 8.09. The van der Waals surface area contributed by atoms with Crippen molar-refractivity contribution < 1.29 is 9.59 Å². The van der Waals surface area contributed by atoms with Crippen molar-refractivity contribution in [3.05, 3.63) is 77.9 Å². The average Bonchev–Trinajstić information content (AvgIpc) is 2.62. The summed E-state index contributed by atoms with van der Waals surface area (Å²) < 4.78 is 0. The molecule has 126 valence electrons. The highest BCUT2D eigenvalue weighted by molar-refractivity contribution is 7.99. The van der Waals surface area contributed by atoms with Gasteiger partial charge in [-0.15, -0.1) is 11.8 Å². The fourth-order valence-electron chi connectivity index (χ4n) is 2.76. The minimum Gasteiger partial charge on any atom is -0.325 e. The van der Waals surface area contributed by atoms with E-state index >= 15 is 0 Å². The van der Waals surface area contributed by atoms with Crippen LogP contribution in [0.15, 0.2) is 66.7 Å². The topological polar surface area (TPSA) is 46.2 Å². The maximum absolute atomic E-state index is 12.2. The lowest BCUT2D eigenvalue weighted by molar-refractivity contribution is -0.113. The lowest BCUT2D eigenvalue weighted by atomic mass is 10.1. The molecule has 1 amide bonds. The van der Waals surface area contributed by atoms with Gasteiger partial charge in [0.25, 0.3) is 0 Å². The summed E-state index contributed by atoms with van der Waals surface area (Å²) in [7, 11) is 0. The molecule has 0 aliphatic heterocycles. The molecule has 4 heteroatoms. The second-order valence-corrected chi connectivity index (χ2v) is 6.77. The van der Waals surface area contributed by atoms with Crippen LogP contribution in [0.1, 0.15) is 22.8 Å². The summed E-state index contributed by atoms with van der Waals surface area (Å²) in [4.78, 5) is 23.8. The molecule has 0 aliphatic carbocycles. The number of anilines is 1. The summed E-state index contributed by atoms with van der Waals surface area (Å²) in [6, 6.07) is 21.6. The molecule has 0 aromatic heterocycles. The zero-order valence-electron chi connectivity index (χ0n) is 14.0. The summed E-state index contributed by atoms with van der Waals surface area (Å²) in [5.74, 6) is 0.955. The highest BCUT2D eigenvalue weighted by Gasteiger charge is 2.10. The average molecular weight is 349 g/mol. The molecule has 3 nitrogen and oxygen atoms in total. The van der Waals surface area contributed by atoms with E-state index in [1.165, 1.54) is 23.3 Å². The Morgan fingerprint density at radius 1 is 0.920 bits per heavy atom. The second kappa shape index (κ2) is 7.99. The first-order valence-corrected chi connectivity index (χ1v) is 9.25. The van der Waals surface area contributed by atoms with Crippen LogP contribution in [0, 0.1) is 0 Å². The molecule has 1 N–H and O–H groups in total. The minimum absolute atomic E-state index is 0.0562. The number of Topliss-reactive ketones (excluding diaryl/α,β-unsaturated/α-hetero) is 1. The first-order chi connectivity index (χ1) is 12.1. The molecule has 0 bridgehead atoms. The molecular weight excluding hydrogens is 330 g/mol. The number of thioether (sulfide) groups is 1. The van der Waals surface area contributed by atoms with Crippen molar-refractivity contribution in [1.82, 2.24) is 0 Å². The van der Waals surface area contributed by atoms with Crippen molar-refractivity contribution in [2.24, 2.45) is 0 Å². The highest BCUT2D eigenvalue weighted by atomic mass is 32.2. The van der Waals surface area contributed by atoms with Crippen LogP contribution >= 0.6 is 11.8 Å². The molecular formula is C21H19NO2S. The lowest BCUT2D eigenvalue weighted by Crippen LogP contribution is -2.16. The van der Waals surface area contributed by atoms with Crippen LogP contribution < -0.4 is 5.32 Å². The molecule has 0 unspecified atom stereocenters. The lowest BCUT2D eigenvalue weighted by Gasteiger charge is -2.09. The highest BCUT2D eigenvalue weighted by Crippen LogP contribution is 2.23. The maximum Gasteiger partial charge on any atom is 0.234 e. The number of carbonyl (C=O) groups excluding carboxylic acids is 2. The number of rotatable bonds is 6. The summed E-state index contributed by atoms with van der Waals surface area (Å²) >= 11 is 1.57. The number of para-hydroxylation sites is 1. The van der Waals surface area contributed by atoms with Crippen molar-refractivity contribution >= 4 is 39.9 Å². The quantitative estimate of drug-likeness (QED) is 0.643. The first kappa shape index (κ1) is 17.2. The number of amides is 1. The van der Waals surface area contributed by atoms with Crippen LogP contribution in [0.2, 0.25) is 0 Å². The zero-order chi connectivity index (χ0) is 17.6. The molecule has 0 fully saturated rings. The Kier molecular flexibility index (Phi) is 5.51. The van der Waals surface area contributed by atoms with Crippen molar-refractivity contribution in [3.8, 4) is 0 Å². The molecule has 0 atom stereocenters. The van der Waals surface area contributed by atoms with E-state index in [9.17, 15) is 9.59 Å². The second-order valence-electron chi connectivity index (χ2n) is 5.78. The zero-order valence-corrected chi connectivity index (χ0v) is 14.8. The van der Waals surface area contributed by atoms with E-state index in [-0.39, 0.29) is 11.7 Å². The van der Waals surface area contributed by atoms with Crippen molar-refractivity contribution in [2.45, 2.75) is 12.7 Å². The van der Waals surface area contributed by atoms with Crippen molar-refractivity contribution in [3.63, 3.8) is 0 Å². The van der Waals surface area contributed by atoms with Crippen LogP contribution in [-0.4, -0.2) is 17.4 Å². The van der Waals surface area contributed by atoms with Gasteiger partial charge in [0.2, 0.25) is 5.91 Å². The largest absolute Gasteiger partial charge is 0.325 e. The van der Waals surface area contributed by atoms with Crippen molar-refractivity contribution in [2.75, 3.05) is 11.1 Å². The smallest absolute Gasteiger partial charge is 0.234 e. The van der Waals surface area contributed by atoms with Gasteiger partial charge in [-0.2, -0.15) is 0 Å². The Morgan fingerprint density at radius 2 is 1.64 bits per heavy atom. The predicted octanol–water partition coefficient (Wildman–Crippen LogP) is 4.91. The molecule has 0 spiro atoms. The Balaban J connectivity index is 1.61. The van der Waals surface area contributed by atoms with Gasteiger partial charge < -0.3 is 5.32 Å². The van der Waals surface area contributed by atoms with Gasteiger partial charge in [0.05, 0.1) is 11.4 Å². The monoisotopic (exact) mass is 349 g/mol. The Bertz CT molecular complexity index is 915. The van der Waals surface area contributed by atoms with Gasteiger partial charge in [0.1, 0.15) is 0 Å². The third-order valence-electron chi connectivity index (χ3n) is 3.95. The molecule has 0 radical (unpaired) electrons. The van der Waals surface area contributed by atoms with Gasteiger partial charge >= 0.3 is 0 Å². The van der Waals surface area contributed by atoms with Crippen LogP contribution in [-0.2, 0) is 10.5 Å². The number of ketones is 1.